The molecule has 0 saturated heterocycles. The molecule has 0 radical (unpaired) electrons. The average molecular weight is 184 g/mol. The highest BCUT2D eigenvalue weighted by Gasteiger charge is 2.26. The molecule has 0 aromatic carbocycles. The van der Waals surface area contributed by atoms with Crippen LogP contribution in [0.1, 0.15) is 13.3 Å². The van der Waals surface area contributed by atoms with Crippen molar-refractivity contribution < 1.29 is 13.2 Å². The first-order valence-electron chi connectivity index (χ1n) is 3.82. The summed E-state index contributed by atoms with van der Waals surface area (Å²) < 4.78 is 35.1. The summed E-state index contributed by atoms with van der Waals surface area (Å²) in [5.41, 5.74) is 5.41. The van der Waals surface area contributed by atoms with Crippen LogP contribution in [0.2, 0.25) is 0 Å². The van der Waals surface area contributed by atoms with Crippen molar-refractivity contribution in [3.63, 3.8) is 0 Å². The quantitative estimate of drug-likeness (QED) is 0.711. The molecule has 0 aliphatic rings. The second-order valence-corrected chi connectivity index (χ2v) is 3.10. The van der Waals surface area contributed by atoms with Crippen LogP contribution in [-0.2, 0) is 0 Å². The maximum atomic E-state index is 11.7. The van der Waals surface area contributed by atoms with Crippen molar-refractivity contribution in [3.8, 4) is 0 Å². The van der Waals surface area contributed by atoms with Crippen LogP contribution in [0.3, 0.4) is 0 Å². The van der Waals surface area contributed by atoms with Gasteiger partial charge in [0.2, 0.25) is 0 Å². The summed E-state index contributed by atoms with van der Waals surface area (Å²) >= 11 is 0. The van der Waals surface area contributed by atoms with Gasteiger partial charge in [-0.2, -0.15) is 13.2 Å². The molecule has 0 aromatic rings. The van der Waals surface area contributed by atoms with E-state index in [9.17, 15) is 13.2 Å². The van der Waals surface area contributed by atoms with E-state index in [1.54, 1.807) is 18.9 Å². The number of rotatable bonds is 4. The number of nitrogens with two attached hydrogens (primary N) is 1. The lowest BCUT2D eigenvalue weighted by molar-refractivity contribution is -0.137. The van der Waals surface area contributed by atoms with E-state index in [-0.39, 0.29) is 12.6 Å². The lowest BCUT2D eigenvalue weighted by atomic mass is 10.3. The average Bonchev–Trinajstić information content (AvgIpc) is 1.80. The topological polar surface area (TPSA) is 29.3 Å². The number of hydrogen-bond acceptors (Lipinski definition) is 2. The smallest absolute Gasteiger partial charge is 0.327 e. The van der Waals surface area contributed by atoms with Gasteiger partial charge >= 0.3 is 6.18 Å². The molecule has 0 unspecified atom stereocenters. The third kappa shape index (κ3) is 7.81. The van der Waals surface area contributed by atoms with Crippen LogP contribution in [0.15, 0.2) is 0 Å². The van der Waals surface area contributed by atoms with Gasteiger partial charge in [0.05, 0.1) is 6.42 Å². The fourth-order valence-electron chi connectivity index (χ4n) is 0.901. The van der Waals surface area contributed by atoms with E-state index in [2.05, 4.69) is 0 Å². The van der Waals surface area contributed by atoms with Gasteiger partial charge in [-0.15, -0.1) is 0 Å². The first-order chi connectivity index (χ1) is 5.31. The first-order valence-corrected chi connectivity index (χ1v) is 3.82. The Balaban J connectivity index is 3.51. The van der Waals surface area contributed by atoms with Crippen LogP contribution in [0.5, 0.6) is 0 Å². The summed E-state index contributed by atoms with van der Waals surface area (Å²) in [6.45, 7) is 2.28. The first kappa shape index (κ1) is 11.7. The molecular formula is C7H15F3N2. The van der Waals surface area contributed by atoms with Crippen molar-refractivity contribution in [3.05, 3.63) is 0 Å². The zero-order chi connectivity index (χ0) is 9.78. The summed E-state index contributed by atoms with van der Waals surface area (Å²) in [6, 6.07) is -0.0803. The predicted octanol–water partition coefficient (Wildman–Crippen LogP) is 1.22. The van der Waals surface area contributed by atoms with Gasteiger partial charge in [0.15, 0.2) is 0 Å². The normalized spacial score (nSPS) is 15.2. The fraction of sp³-hybridized carbons (Fsp3) is 1.00. The Kier molecular flexibility index (Phi) is 4.55. The highest BCUT2D eigenvalue weighted by atomic mass is 19.4. The van der Waals surface area contributed by atoms with Crippen LogP contribution >= 0.6 is 0 Å². The second kappa shape index (κ2) is 4.67. The maximum absolute atomic E-state index is 11.7. The lowest BCUT2D eigenvalue weighted by Crippen LogP contribution is -2.34. The third-order valence-corrected chi connectivity index (χ3v) is 1.38. The van der Waals surface area contributed by atoms with Crippen molar-refractivity contribution in [2.75, 3.05) is 20.1 Å². The molecule has 0 rings (SSSR count). The van der Waals surface area contributed by atoms with Crippen molar-refractivity contribution in [2.24, 2.45) is 5.73 Å². The standard InChI is InChI=1S/C7H15F3N2/c1-6(11)5-12(2)4-3-7(8,9)10/h6H,3-5,11H2,1-2H3/t6-/m1/s1. The highest BCUT2D eigenvalue weighted by molar-refractivity contribution is 4.62. The molecule has 1 atom stereocenters. The van der Waals surface area contributed by atoms with E-state index in [1.807, 2.05) is 0 Å². The number of hydrogen-bond donors (Lipinski definition) is 1. The molecule has 74 valence electrons. The monoisotopic (exact) mass is 184 g/mol. The van der Waals surface area contributed by atoms with Gasteiger partial charge in [-0.05, 0) is 14.0 Å². The minimum atomic E-state index is -4.06. The molecule has 0 spiro atoms. The molecule has 2 nitrogen and oxygen atoms in total. The molecule has 0 aliphatic heterocycles. The Bertz CT molecular complexity index is 122. The summed E-state index contributed by atoms with van der Waals surface area (Å²) in [7, 11) is 1.63. The summed E-state index contributed by atoms with van der Waals surface area (Å²) in [5.74, 6) is 0. The number of halogens is 3. The van der Waals surface area contributed by atoms with E-state index in [1.165, 1.54) is 0 Å². The van der Waals surface area contributed by atoms with Gasteiger partial charge in [-0.25, -0.2) is 0 Å². The van der Waals surface area contributed by atoms with Gasteiger partial charge in [0, 0.05) is 19.1 Å². The van der Waals surface area contributed by atoms with Crippen molar-refractivity contribution >= 4 is 0 Å². The fourth-order valence-corrected chi connectivity index (χ4v) is 0.901. The number of likely N-dealkylation sites (N-methyl/N-ethyl adjacent to an activating group) is 1. The molecule has 0 bridgehead atoms. The zero-order valence-electron chi connectivity index (χ0n) is 7.36. The van der Waals surface area contributed by atoms with Crippen molar-refractivity contribution in [1.29, 1.82) is 0 Å². The van der Waals surface area contributed by atoms with E-state index in [0.717, 1.165) is 0 Å². The molecule has 0 aromatic heterocycles. The third-order valence-electron chi connectivity index (χ3n) is 1.38. The molecule has 0 saturated carbocycles. The zero-order valence-corrected chi connectivity index (χ0v) is 7.36. The molecule has 5 heteroatoms. The summed E-state index contributed by atoms with van der Waals surface area (Å²) in [5, 5.41) is 0. The molecule has 12 heavy (non-hydrogen) atoms. The maximum Gasteiger partial charge on any atom is 0.390 e. The van der Waals surface area contributed by atoms with E-state index < -0.39 is 12.6 Å². The number of alkyl halides is 3. The summed E-state index contributed by atoms with van der Waals surface area (Å²) in [6.07, 6.45) is -4.83. The van der Waals surface area contributed by atoms with Crippen molar-refractivity contribution in [1.82, 2.24) is 4.90 Å². The van der Waals surface area contributed by atoms with Gasteiger partial charge in [-0.1, -0.05) is 0 Å². The molecular weight excluding hydrogens is 169 g/mol. The number of nitrogens with zero attached hydrogens (tertiary/aromatic N) is 1. The van der Waals surface area contributed by atoms with Gasteiger partial charge in [0.25, 0.3) is 0 Å². The second-order valence-electron chi connectivity index (χ2n) is 3.10. The van der Waals surface area contributed by atoms with E-state index >= 15 is 0 Å². The van der Waals surface area contributed by atoms with Crippen LogP contribution in [0.4, 0.5) is 13.2 Å². The van der Waals surface area contributed by atoms with Gasteiger partial charge < -0.3 is 10.6 Å². The van der Waals surface area contributed by atoms with Crippen molar-refractivity contribution in [2.45, 2.75) is 25.6 Å². The van der Waals surface area contributed by atoms with E-state index in [0.29, 0.717) is 6.54 Å². The highest BCUT2D eigenvalue weighted by Crippen LogP contribution is 2.19. The van der Waals surface area contributed by atoms with E-state index in [4.69, 9.17) is 5.73 Å². The molecule has 2 N–H and O–H groups in total. The molecule has 0 fully saturated rings. The van der Waals surface area contributed by atoms with Gasteiger partial charge in [-0.3, -0.25) is 0 Å². The van der Waals surface area contributed by atoms with Crippen LogP contribution < -0.4 is 5.73 Å². The van der Waals surface area contributed by atoms with Gasteiger partial charge in [0.1, 0.15) is 0 Å². The summed E-state index contributed by atoms with van der Waals surface area (Å²) in [4.78, 5) is 1.58. The Hall–Kier alpha value is -0.290. The Morgan fingerprint density at radius 2 is 1.92 bits per heavy atom. The van der Waals surface area contributed by atoms with Crippen LogP contribution in [0.25, 0.3) is 0 Å². The van der Waals surface area contributed by atoms with Crippen LogP contribution in [-0.4, -0.2) is 37.3 Å². The molecule has 0 amide bonds. The Morgan fingerprint density at radius 3 is 2.25 bits per heavy atom. The Labute approximate surface area is 70.5 Å². The largest absolute Gasteiger partial charge is 0.390 e. The Morgan fingerprint density at radius 1 is 1.42 bits per heavy atom. The molecule has 0 aliphatic carbocycles. The molecule has 0 heterocycles. The predicted molar refractivity (Wildman–Crippen MR) is 41.8 cm³/mol. The minimum Gasteiger partial charge on any atom is -0.327 e. The minimum absolute atomic E-state index is 0.0189. The lowest BCUT2D eigenvalue weighted by Gasteiger charge is -2.19. The SMILES string of the molecule is C[C@@H](N)CN(C)CCC(F)(F)F. The van der Waals surface area contributed by atoms with Crippen LogP contribution in [0, 0.1) is 0 Å².